The van der Waals surface area contributed by atoms with E-state index in [1.807, 2.05) is 6.92 Å². The molecule has 0 aliphatic heterocycles. The lowest BCUT2D eigenvalue weighted by Crippen LogP contribution is -2.42. The van der Waals surface area contributed by atoms with E-state index in [1.54, 1.807) is 0 Å². The zero-order valence-electron chi connectivity index (χ0n) is 11.6. The first-order valence-corrected chi connectivity index (χ1v) is 7.14. The van der Waals surface area contributed by atoms with Crippen molar-refractivity contribution < 1.29 is 4.79 Å². The van der Waals surface area contributed by atoms with Crippen LogP contribution in [0, 0.1) is 5.92 Å². The van der Waals surface area contributed by atoms with Crippen LogP contribution in [-0.4, -0.2) is 24.5 Å². The molecule has 17 heavy (non-hydrogen) atoms. The number of nitrogens with one attached hydrogen (secondary N) is 2. The summed E-state index contributed by atoms with van der Waals surface area (Å²) in [6, 6.07) is 0.834. The van der Waals surface area contributed by atoms with Crippen LogP contribution in [0.3, 0.4) is 0 Å². The highest BCUT2D eigenvalue weighted by Crippen LogP contribution is 2.22. The van der Waals surface area contributed by atoms with Crippen molar-refractivity contribution in [3.8, 4) is 0 Å². The smallest absolute Gasteiger partial charge is 0.234 e. The summed E-state index contributed by atoms with van der Waals surface area (Å²) < 4.78 is 0. The average molecular weight is 240 g/mol. The van der Waals surface area contributed by atoms with Crippen LogP contribution in [0.5, 0.6) is 0 Å². The molecule has 100 valence electrons. The van der Waals surface area contributed by atoms with E-state index in [1.165, 1.54) is 32.1 Å². The van der Waals surface area contributed by atoms with Crippen molar-refractivity contribution in [1.82, 2.24) is 10.6 Å². The number of hydrogen-bond donors (Lipinski definition) is 2. The summed E-state index contributed by atoms with van der Waals surface area (Å²) in [5, 5.41) is 6.39. The van der Waals surface area contributed by atoms with Gasteiger partial charge in [0.2, 0.25) is 5.91 Å². The molecule has 0 aromatic rings. The maximum absolute atomic E-state index is 11.6. The van der Waals surface area contributed by atoms with Crippen LogP contribution in [0.1, 0.15) is 59.3 Å². The quantitative estimate of drug-likeness (QED) is 0.725. The number of rotatable bonds is 5. The topological polar surface area (TPSA) is 41.1 Å². The van der Waals surface area contributed by atoms with Gasteiger partial charge in [-0.05, 0) is 38.5 Å². The summed E-state index contributed by atoms with van der Waals surface area (Å²) >= 11 is 0. The van der Waals surface area contributed by atoms with Crippen LogP contribution in [-0.2, 0) is 4.79 Å². The molecule has 2 N–H and O–H groups in total. The standard InChI is InChI=1S/C14H28N2O/c1-4-12(3)16-14(17)10-15-13-7-5-6-11(2)8-9-13/h11-13,15H,4-10H2,1-3H3,(H,16,17). The molecular weight excluding hydrogens is 212 g/mol. The first-order valence-electron chi connectivity index (χ1n) is 7.14. The molecule has 1 rings (SSSR count). The molecule has 3 nitrogen and oxygen atoms in total. The third-order valence-electron chi connectivity index (χ3n) is 3.83. The second-order valence-corrected chi connectivity index (χ2v) is 5.57. The minimum atomic E-state index is 0.136. The van der Waals surface area contributed by atoms with E-state index in [0.29, 0.717) is 18.6 Å². The predicted molar refractivity (Wildman–Crippen MR) is 71.9 cm³/mol. The van der Waals surface area contributed by atoms with Gasteiger partial charge in [-0.1, -0.05) is 26.7 Å². The Balaban J connectivity index is 2.18. The summed E-state index contributed by atoms with van der Waals surface area (Å²) in [5.41, 5.74) is 0. The zero-order valence-corrected chi connectivity index (χ0v) is 11.6. The normalized spacial score (nSPS) is 27.2. The van der Waals surface area contributed by atoms with E-state index in [2.05, 4.69) is 24.5 Å². The second-order valence-electron chi connectivity index (χ2n) is 5.57. The van der Waals surface area contributed by atoms with Gasteiger partial charge in [-0.25, -0.2) is 0 Å². The van der Waals surface area contributed by atoms with Gasteiger partial charge in [0, 0.05) is 12.1 Å². The van der Waals surface area contributed by atoms with Crippen molar-refractivity contribution in [2.45, 2.75) is 71.4 Å². The molecule has 0 saturated heterocycles. The van der Waals surface area contributed by atoms with Crippen LogP contribution in [0.2, 0.25) is 0 Å². The fourth-order valence-corrected chi connectivity index (χ4v) is 2.36. The number of carbonyl (C=O) groups is 1. The average Bonchev–Trinajstić information content (AvgIpc) is 2.51. The maximum atomic E-state index is 11.6. The van der Waals surface area contributed by atoms with Crippen LogP contribution >= 0.6 is 0 Å². The Hall–Kier alpha value is -0.570. The maximum Gasteiger partial charge on any atom is 0.234 e. The minimum absolute atomic E-state index is 0.136. The van der Waals surface area contributed by atoms with E-state index >= 15 is 0 Å². The SMILES string of the molecule is CCC(C)NC(=O)CNC1CCCC(C)CC1. The molecule has 3 unspecified atom stereocenters. The molecule has 1 amide bonds. The summed E-state index contributed by atoms with van der Waals surface area (Å²) in [5.74, 6) is 0.993. The first-order chi connectivity index (χ1) is 8.11. The van der Waals surface area contributed by atoms with Crippen LogP contribution in [0.4, 0.5) is 0 Å². The number of hydrogen-bond acceptors (Lipinski definition) is 2. The fraction of sp³-hybridized carbons (Fsp3) is 0.929. The zero-order chi connectivity index (χ0) is 12.7. The van der Waals surface area contributed by atoms with Crippen LogP contribution < -0.4 is 10.6 Å². The Bertz CT molecular complexity index is 230. The lowest BCUT2D eigenvalue weighted by atomic mass is 10.0. The molecule has 0 aromatic heterocycles. The van der Waals surface area contributed by atoms with Crippen molar-refractivity contribution in [2.75, 3.05) is 6.54 Å². The molecule has 3 atom stereocenters. The molecule has 1 aliphatic carbocycles. The van der Waals surface area contributed by atoms with E-state index in [0.717, 1.165) is 12.3 Å². The van der Waals surface area contributed by atoms with Gasteiger partial charge in [-0.2, -0.15) is 0 Å². The second kappa shape index (κ2) is 7.70. The lowest BCUT2D eigenvalue weighted by molar-refractivity contribution is -0.121. The number of carbonyl (C=O) groups excluding carboxylic acids is 1. The highest BCUT2D eigenvalue weighted by molar-refractivity contribution is 5.78. The molecule has 1 aliphatic rings. The highest BCUT2D eigenvalue weighted by atomic mass is 16.1. The lowest BCUT2D eigenvalue weighted by Gasteiger charge is -2.17. The van der Waals surface area contributed by atoms with E-state index in [-0.39, 0.29) is 5.91 Å². The Kier molecular flexibility index (Phi) is 6.56. The molecule has 0 bridgehead atoms. The summed E-state index contributed by atoms with van der Waals surface area (Å²) in [4.78, 5) is 11.6. The van der Waals surface area contributed by atoms with Gasteiger partial charge in [0.05, 0.1) is 6.54 Å². The predicted octanol–water partition coefficient (Wildman–Crippen LogP) is 2.46. The third-order valence-corrected chi connectivity index (χ3v) is 3.83. The molecule has 0 heterocycles. The summed E-state index contributed by atoms with van der Waals surface area (Å²) in [6.07, 6.45) is 7.37. The van der Waals surface area contributed by atoms with Crippen molar-refractivity contribution in [3.63, 3.8) is 0 Å². The van der Waals surface area contributed by atoms with Crippen molar-refractivity contribution >= 4 is 5.91 Å². The third kappa shape index (κ3) is 6.06. The van der Waals surface area contributed by atoms with Crippen molar-refractivity contribution in [3.05, 3.63) is 0 Å². The highest BCUT2D eigenvalue weighted by Gasteiger charge is 2.16. The largest absolute Gasteiger partial charge is 0.353 e. The number of amides is 1. The van der Waals surface area contributed by atoms with E-state index in [4.69, 9.17) is 0 Å². The molecule has 3 heteroatoms. The van der Waals surface area contributed by atoms with Gasteiger partial charge < -0.3 is 10.6 Å². The van der Waals surface area contributed by atoms with Gasteiger partial charge in [0.25, 0.3) is 0 Å². The first kappa shape index (κ1) is 14.5. The van der Waals surface area contributed by atoms with Gasteiger partial charge in [0.15, 0.2) is 0 Å². The van der Waals surface area contributed by atoms with Gasteiger partial charge in [-0.15, -0.1) is 0 Å². The van der Waals surface area contributed by atoms with E-state index < -0.39 is 0 Å². The molecular formula is C14H28N2O. The summed E-state index contributed by atoms with van der Waals surface area (Å²) in [6.45, 7) is 6.94. The van der Waals surface area contributed by atoms with Gasteiger partial charge in [0.1, 0.15) is 0 Å². The Morgan fingerprint density at radius 3 is 2.76 bits per heavy atom. The summed E-state index contributed by atoms with van der Waals surface area (Å²) in [7, 11) is 0. The monoisotopic (exact) mass is 240 g/mol. The van der Waals surface area contributed by atoms with Crippen molar-refractivity contribution in [1.29, 1.82) is 0 Å². The van der Waals surface area contributed by atoms with E-state index in [9.17, 15) is 4.79 Å². The minimum Gasteiger partial charge on any atom is -0.353 e. The Morgan fingerprint density at radius 1 is 1.29 bits per heavy atom. The van der Waals surface area contributed by atoms with Crippen LogP contribution in [0.15, 0.2) is 0 Å². The molecule has 0 radical (unpaired) electrons. The Morgan fingerprint density at radius 2 is 2.06 bits per heavy atom. The fourth-order valence-electron chi connectivity index (χ4n) is 2.36. The molecule has 1 fully saturated rings. The van der Waals surface area contributed by atoms with Crippen LogP contribution in [0.25, 0.3) is 0 Å². The molecule has 0 aromatic carbocycles. The molecule has 1 saturated carbocycles. The van der Waals surface area contributed by atoms with Crippen molar-refractivity contribution in [2.24, 2.45) is 5.92 Å². The molecule has 0 spiro atoms. The van der Waals surface area contributed by atoms with Gasteiger partial charge in [-0.3, -0.25) is 4.79 Å². The Labute approximate surface area is 106 Å². The van der Waals surface area contributed by atoms with Gasteiger partial charge >= 0.3 is 0 Å².